The third-order valence-electron chi connectivity index (χ3n) is 3.45. The van der Waals surface area contributed by atoms with Crippen molar-refractivity contribution in [1.29, 1.82) is 0 Å². The molecule has 0 radical (unpaired) electrons. The van der Waals surface area contributed by atoms with Crippen LogP contribution in [0.4, 0.5) is 5.69 Å². The molecule has 4 nitrogen and oxygen atoms in total. The summed E-state index contributed by atoms with van der Waals surface area (Å²) in [5.41, 5.74) is 2.03. The van der Waals surface area contributed by atoms with Gasteiger partial charge in [0.05, 0.1) is 19.3 Å². The third-order valence-corrected chi connectivity index (χ3v) is 3.45. The van der Waals surface area contributed by atoms with Crippen LogP contribution in [0.25, 0.3) is 0 Å². The smallest absolute Gasteiger partial charge is 0.204 e. The molecule has 2 aromatic carbocycles. The summed E-state index contributed by atoms with van der Waals surface area (Å²) in [6.07, 6.45) is 1.51. The summed E-state index contributed by atoms with van der Waals surface area (Å²) in [5.74, 6) is 1.97. The zero-order chi connectivity index (χ0) is 15.5. The van der Waals surface area contributed by atoms with Gasteiger partial charge in [-0.1, -0.05) is 30.3 Å². The Bertz CT molecular complexity index is 722. The highest BCUT2D eigenvalue weighted by Gasteiger charge is 2.27. The number of hydrogen-bond donors (Lipinski definition) is 0. The van der Waals surface area contributed by atoms with Crippen molar-refractivity contribution in [3.8, 4) is 11.5 Å². The molecular weight excluding hydrogens is 278 g/mol. The molecule has 0 amide bonds. The fourth-order valence-corrected chi connectivity index (χ4v) is 2.42. The monoisotopic (exact) mass is 295 g/mol. The summed E-state index contributed by atoms with van der Waals surface area (Å²) in [7, 11) is 1.63. The molecule has 0 fully saturated rings. The Balaban J connectivity index is 2.00. The summed E-state index contributed by atoms with van der Waals surface area (Å²) in [5, 5.41) is 0. The largest absolute Gasteiger partial charge is 0.497 e. The van der Waals surface area contributed by atoms with Gasteiger partial charge in [-0.25, -0.2) is 0 Å². The van der Waals surface area contributed by atoms with E-state index in [2.05, 4.69) is 0 Å². The molecule has 0 N–H and O–H groups in total. The van der Waals surface area contributed by atoms with Crippen LogP contribution in [0.15, 0.2) is 60.5 Å². The van der Waals surface area contributed by atoms with Gasteiger partial charge in [-0.05, 0) is 24.6 Å². The first-order chi connectivity index (χ1) is 10.7. The summed E-state index contributed by atoms with van der Waals surface area (Å²) < 4.78 is 11.1. The number of hydrogen-bond acceptors (Lipinski definition) is 4. The van der Waals surface area contributed by atoms with Gasteiger partial charge in [0, 0.05) is 12.1 Å². The Morgan fingerprint density at radius 2 is 2.00 bits per heavy atom. The maximum atomic E-state index is 11.5. The highest BCUT2D eigenvalue weighted by atomic mass is 16.5. The number of fused-ring (bicyclic) bond motifs is 1. The lowest BCUT2D eigenvalue weighted by Crippen LogP contribution is -2.20. The van der Waals surface area contributed by atoms with E-state index in [9.17, 15) is 4.79 Å². The first-order valence-electron chi connectivity index (χ1n) is 7.07. The van der Waals surface area contributed by atoms with Gasteiger partial charge >= 0.3 is 0 Å². The Morgan fingerprint density at radius 1 is 1.23 bits per heavy atom. The highest BCUT2D eigenvalue weighted by molar-refractivity contribution is 5.89. The van der Waals surface area contributed by atoms with Crippen LogP contribution in [0.3, 0.4) is 0 Å². The molecule has 4 heteroatoms. The second kappa shape index (κ2) is 5.93. The van der Waals surface area contributed by atoms with Crippen molar-refractivity contribution >= 4 is 11.5 Å². The number of nitrogens with zero attached hydrogens (tertiary/aromatic N) is 1. The van der Waals surface area contributed by atoms with Crippen LogP contribution >= 0.6 is 0 Å². The lowest BCUT2D eigenvalue weighted by Gasteiger charge is -2.18. The zero-order valence-corrected chi connectivity index (χ0v) is 12.6. The molecule has 0 atom stereocenters. The number of allylic oxidation sites excluding steroid dienone is 1. The number of ether oxygens (including phenoxy) is 2. The molecule has 0 aromatic heterocycles. The van der Waals surface area contributed by atoms with E-state index in [1.165, 1.54) is 13.0 Å². The zero-order valence-electron chi connectivity index (χ0n) is 12.6. The van der Waals surface area contributed by atoms with Crippen LogP contribution in [-0.2, 0) is 11.3 Å². The van der Waals surface area contributed by atoms with Crippen molar-refractivity contribution in [3.05, 3.63) is 66.1 Å². The summed E-state index contributed by atoms with van der Waals surface area (Å²) >= 11 is 0. The van der Waals surface area contributed by atoms with E-state index in [0.717, 1.165) is 22.7 Å². The van der Waals surface area contributed by atoms with Crippen molar-refractivity contribution in [2.24, 2.45) is 0 Å². The average Bonchev–Trinajstić information content (AvgIpc) is 2.84. The van der Waals surface area contributed by atoms with Crippen LogP contribution in [0.1, 0.15) is 12.5 Å². The van der Waals surface area contributed by atoms with Crippen LogP contribution in [-0.4, -0.2) is 12.9 Å². The molecule has 0 unspecified atom stereocenters. The maximum Gasteiger partial charge on any atom is 0.204 e. The van der Waals surface area contributed by atoms with Gasteiger partial charge in [-0.2, -0.15) is 0 Å². The standard InChI is InChI=1S/C18H17NO3/c1-13(20)10-18-19(12-14-6-4-3-5-7-14)16-11-15(21-2)8-9-17(16)22-18/h3-11H,12H2,1-2H3/b18-10-. The Labute approximate surface area is 129 Å². The molecule has 0 spiro atoms. The predicted molar refractivity (Wildman–Crippen MR) is 85.0 cm³/mol. The molecule has 0 bridgehead atoms. The van der Waals surface area contributed by atoms with Gasteiger partial charge in [-0.3, -0.25) is 4.79 Å². The molecule has 0 saturated carbocycles. The van der Waals surface area contributed by atoms with Crippen molar-refractivity contribution in [2.45, 2.75) is 13.5 Å². The molecule has 2 aromatic rings. The quantitative estimate of drug-likeness (QED) is 0.809. The first kappa shape index (κ1) is 14.2. The second-order valence-corrected chi connectivity index (χ2v) is 5.10. The normalized spacial score (nSPS) is 14.6. The van der Waals surface area contributed by atoms with Gasteiger partial charge < -0.3 is 14.4 Å². The molecule has 0 saturated heterocycles. The lowest BCUT2D eigenvalue weighted by molar-refractivity contribution is -0.112. The first-order valence-corrected chi connectivity index (χ1v) is 7.07. The predicted octanol–water partition coefficient (Wildman–Crippen LogP) is 3.52. The molecule has 0 aliphatic carbocycles. The second-order valence-electron chi connectivity index (χ2n) is 5.10. The van der Waals surface area contributed by atoms with Crippen LogP contribution in [0.5, 0.6) is 11.5 Å². The number of ketones is 1. The highest BCUT2D eigenvalue weighted by Crippen LogP contribution is 2.42. The minimum absolute atomic E-state index is 0.0483. The molecule has 1 aliphatic heterocycles. The Kier molecular flexibility index (Phi) is 3.83. The molecule has 3 rings (SSSR count). The fraction of sp³-hybridized carbons (Fsp3) is 0.167. The number of methoxy groups -OCH3 is 1. The average molecular weight is 295 g/mol. The van der Waals surface area contributed by atoms with Crippen molar-refractivity contribution < 1.29 is 14.3 Å². The minimum atomic E-state index is -0.0483. The molecule has 112 valence electrons. The molecule has 22 heavy (non-hydrogen) atoms. The number of rotatable bonds is 4. The topological polar surface area (TPSA) is 38.8 Å². The van der Waals surface area contributed by atoms with E-state index in [0.29, 0.717) is 12.4 Å². The number of benzene rings is 2. The fourth-order valence-electron chi connectivity index (χ4n) is 2.42. The van der Waals surface area contributed by atoms with Gasteiger partial charge in [0.2, 0.25) is 5.88 Å². The van der Waals surface area contributed by atoms with Crippen molar-refractivity contribution in [3.63, 3.8) is 0 Å². The van der Waals surface area contributed by atoms with Crippen LogP contribution in [0, 0.1) is 0 Å². The molecule has 1 heterocycles. The lowest BCUT2D eigenvalue weighted by atomic mass is 10.2. The van der Waals surface area contributed by atoms with Gasteiger partial charge in [-0.15, -0.1) is 0 Å². The number of carbonyl (C=O) groups is 1. The van der Waals surface area contributed by atoms with Crippen LogP contribution < -0.4 is 14.4 Å². The maximum absolute atomic E-state index is 11.5. The van der Waals surface area contributed by atoms with Crippen molar-refractivity contribution in [2.75, 3.05) is 12.0 Å². The van der Waals surface area contributed by atoms with Gasteiger partial charge in [0.1, 0.15) is 5.75 Å². The number of carbonyl (C=O) groups excluding carboxylic acids is 1. The van der Waals surface area contributed by atoms with Crippen LogP contribution in [0.2, 0.25) is 0 Å². The van der Waals surface area contributed by atoms with Gasteiger partial charge in [0.15, 0.2) is 11.5 Å². The SMILES string of the molecule is COc1ccc2c(c1)N(Cc1ccccc1)/C(=C/C(C)=O)O2. The number of anilines is 1. The molecule has 1 aliphatic rings. The van der Waals surface area contributed by atoms with Crippen molar-refractivity contribution in [1.82, 2.24) is 0 Å². The summed E-state index contributed by atoms with van der Waals surface area (Å²) in [6.45, 7) is 2.14. The summed E-state index contributed by atoms with van der Waals surface area (Å²) in [6, 6.07) is 15.7. The van der Waals surface area contributed by atoms with E-state index in [4.69, 9.17) is 9.47 Å². The van der Waals surface area contributed by atoms with E-state index < -0.39 is 0 Å². The minimum Gasteiger partial charge on any atom is -0.497 e. The summed E-state index contributed by atoms with van der Waals surface area (Å²) in [4.78, 5) is 13.4. The molecular formula is C18H17NO3. The third kappa shape index (κ3) is 2.81. The Hall–Kier alpha value is -2.75. The van der Waals surface area contributed by atoms with E-state index in [-0.39, 0.29) is 5.78 Å². The van der Waals surface area contributed by atoms with E-state index in [1.807, 2.05) is 53.4 Å². The van der Waals surface area contributed by atoms with Gasteiger partial charge in [0.25, 0.3) is 0 Å². The Morgan fingerprint density at radius 3 is 2.68 bits per heavy atom. The van der Waals surface area contributed by atoms with E-state index in [1.54, 1.807) is 7.11 Å². The van der Waals surface area contributed by atoms with E-state index >= 15 is 0 Å².